The first kappa shape index (κ1) is 19.4. The Labute approximate surface area is 170 Å². The first-order valence-electron chi connectivity index (χ1n) is 9.08. The molecule has 0 atom stereocenters. The molecule has 4 aromatic rings. The summed E-state index contributed by atoms with van der Waals surface area (Å²) in [5.74, 6) is -0.988. The van der Waals surface area contributed by atoms with Crippen LogP contribution in [0, 0.1) is 5.95 Å². The third kappa shape index (κ3) is 3.43. The van der Waals surface area contributed by atoms with Crippen LogP contribution in [0.25, 0.3) is 17.0 Å². The Balaban J connectivity index is 1.64. The molecule has 0 aliphatic rings. The molecule has 0 unspecified atom stereocenters. The second-order valence-electron chi connectivity index (χ2n) is 6.94. The quantitative estimate of drug-likeness (QED) is 0.370. The second-order valence-corrected chi connectivity index (χ2v) is 6.94. The molecule has 0 N–H and O–H groups in total. The summed E-state index contributed by atoms with van der Waals surface area (Å²) in [5, 5.41) is 8.32. The standard InChI is InChI=1S/C20H18FN7O2/c1-26(2)20(30)14-11-23-27(3)17(14)15(29)9-12-6-8-28-16(10-12)24-19(25-28)13-5-4-7-22-18(13)21/h4-8,10-11H,9H2,1-3H3. The minimum atomic E-state index is -0.655. The molecule has 10 heteroatoms. The molecule has 4 rings (SSSR count). The van der Waals surface area contributed by atoms with Crippen molar-refractivity contribution in [2.45, 2.75) is 6.42 Å². The van der Waals surface area contributed by atoms with Crippen molar-refractivity contribution in [3.8, 4) is 11.4 Å². The van der Waals surface area contributed by atoms with Crippen LogP contribution >= 0.6 is 0 Å². The van der Waals surface area contributed by atoms with Gasteiger partial charge in [0.1, 0.15) is 5.69 Å². The lowest BCUT2D eigenvalue weighted by Gasteiger charge is -2.10. The number of ketones is 1. The average Bonchev–Trinajstić information content (AvgIpc) is 3.30. The molecule has 9 nitrogen and oxygen atoms in total. The van der Waals surface area contributed by atoms with E-state index in [0.29, 0.717) is 11.2 Å². The number of pyridine rings is 2. The van der Waals surface area contributed by atoms with E-state index in [1.165, 1.54) is 26.5 Å². The normalized spacial score (nSPS) is 11.1. The van der Waals surface area contributed by atoms with Gasteiger partial charge in [-0.25, -0.2) is 14.5 Å². The van der Waals surface area contributed by atoms with Crippen molar-refractivity contribution >= 4 is 17.3 Å². The van der Waals surface area contributed by atoms with Gasteiger partial charge in [0.25, 0.3) is 5.91 Å². The molecule has 0 bridgehead atoms. The summed E-state index contributed by atoms with van der Waals surface area (Å²) in [6.45, 7) is 0. The van der Waals surface area contributed by atoms with Crippen LogP contribution in [-0.4, -0.2) is 60.0 Å². The smallest absolute Gasteiger partial charge is 0.257 e. The van der Waals surface area contributed by atoms with E-state index < -0.39 is 5.95 Å². The summed E-state index contributed by atoms with van der Waals surface area (Å²) in [4.78, 5) is 34.6. The number of halogens is 1. The van der Waals surface area contributed by atoms with Gasteiger partial charge in [-0.15, -0.1) is 5.10 Å². The number of aryl methyl sites for hydroxylation is 1. The van der Waals surface area contributed by atoms with Crippen LogP contribution in [-0.2, 0) is 13.5 Å². The van der Waals surface area contributed by atoms with Gasteiger partial charge in [0.2, 0.25) is 5.95 Å². The molecule has 0 aromatic carbocycles. The van der Waals surface area contributed by atoms with Crippen molar-refractivity contribution in [2.24, 2.45) is 7.05 Å². The summed E-state index contributed by atoms with van der Waals surface area (Å²) in [6.07, 6.45) is 4.45. The van der Waals surface area contributed by atoms with Gasteiger partial charge in [-0.3, -0.25) is 14.3 Å². The fraction of sp³-hybridized carbons (Fsp3) is 0.200. The van der Waals surface area contributed by atoms with Crippen molar-refractivity contribution in [3.63, 3.8) is 0 Å². The van der Waals surface area contributed by atoms with Gasteiger partial charge in [0.15, 0.2) is 17.3 Å². The van der Waals surface area contributed by atoms with Gasteiger partial charge in [-0.1, -0.05) is 0 Å². The average molecular weight is 407 g/mol. The lowest BCUT2D eigenvalue weighted by Crippen LogP contribution is -2.24. The van der Waals surface area contributed by atoms with E-state index >= 15 is 0 Å². The van der Waals surface area contributed by atoms with Crippen LogP contribution in [0.1, 0.15) is 26.4 Å². The third-order valence-electron chi connectivity index (χ3n) is 4.61. The number of nitrogens with zero attached hydrogens (tertiary/aromatic N) is 7. The van der Waals surface area contributed by atoms with Crippen molar-refractivity contribution in [1.82, 2.24) is 34.3 Å². The summed E-state index contributed by atoms with van der Waals surface area (Å²) >= 11 is 0. The predicted octanol–water partition coefficient (Wildman–Crippen LogP) is 1.79. The Bertz CT molecular complexity index is 1280. The molecule has 0 saturated heterocycles. The number of rotatable bonds is 5. The van der Waals surface area contributed by atoms with Crippen molar-refractivity contribution in [3.05, 3.63) is 65.6 Å². The Kier molecular flexibility index (Phi) is 4.82. The third-order valence-corrected chi connectivity index (χ3v) is 4.61. The SMILES string of the molecule is CN(C)C(=O)c1cnn(C)c1C(=O)Cc1ccn2nc(-c3cccnc3F)nc2c1. The van der Waals surface area contributed by atoms with E-state index in [2.05, 4.69) is 20.2 Å². The fourth-order valence-electron chi connectivity index (χ4n) is 3.14. The maximum Gasteiger partial charge on any atom is 0.257 e. The molecule has 0 fully saturated rings. The number of hydrogen-bond acceptors (Lipinski definition) is 6. The zero-order valence-corrected chi connectivity index (χ0v) is 16.6. The van der Waals surface area contributed by atoms with Crippen LogP contribution in [0.5, 0.6) is 0 Å². The highest BCUT2D eigenvalue weighted by molar-refractivity contribution is 6.07. The van der Waals surface area contributed by atoms with E-state index in [4.69, 9.17) is 0 Å². The van der Waals surface area contributed by atoms with Gasteiger partial charge in [0.05, 0.1) is 17.3 Å². The highest BCUT2D eigenvalue weighted by Gasteiger charge is 2.23. The Hall–Kier alpha value is -3.95. The molecule has 152 valence electrons. The molecule has 30 heavy (non-hydrogen) atoms. The molecule has 4 heterocycles. The van der Waals surface area contributed by atoms with Gasteiger partial charge < -0.3 is 4.90 Å². The van der Waals surface area contributed by atoms with Crippen LogP contribution in [0.15, 0.2) is 42.9 Å². The van der Waals surface area contributed by atoms with Gasteiger partial charge in [-0.05, 0) is 29.8 Å². The molecular formula is C20H18FN7O2. The zero-order chi connectivity index (χ0) is 21.4. The molecular weight excluding hydrogens is 389 g/mol. The van der Waals surface area contributed by atoms with Crippen LogP contribution in [0.3, 0.4) is 0 Å². The van der Waals surface area contributed by atoms with E-state index in [1.54, 1.807) is 51.6 Å². The first-order valence-corrected chi connectivity index (χ1v) is 9.08. The van der Waals surface area contributed by atoms with E-state index in [-0.39, 0.29) is 40.8 Å². The minimum Gasteiger partial charge on any atom is -0.345 e. The number of carbonyl (C=O) groups is 2. The summed E-state index contributed by atoms with van der Waals surface area (Å²) < 4.78 is 16.8. The number of amides is 1. The highest BCUT2D eigenvalue weighted by Crippen LogP contribution is 2.19. The van der Waals surface area contributed by atoms with Crippen LogP contribution in [0.2, 0.25) is 0 Å². The number of hydrogen-bond donors (Lipinski definition) is 0. The Morgan fingerprint density at radius 2 is 2.03 bits per heavy atom. The van der Waals surface area contributed by atoms with Crippen molar-refractivity contribution < 1.29 is 14.0 Å². The van der Waals surface area contributed by atoms with Gasteiger partial charge >= 0.3 is 0 Å². The molecule has 0 aliphatic heterocycles. The fourth-order valence-corrected chi connectivity index (χ4v) is 3.14. The van der Waals surface area contributed by atoms with E-state index in [1.807, 2.05) is 0 Å². The molecule has 0 radical (unpaired) electrons. The zero-order valence-electron chi connectivity index (χ0n) is 16.6. The molecule has 0 spiro atoms. The maximum atomic E-state index is 13.9. The summed E-state index contributed by atoms with van der Waals surface area (Å²) in [6, 6.07) is 6.58. The van der Waals surface area contributed by atoms with E-state index in [0.717, 1.165) is 0 Å². The molecule has 1 amide bonds. The monoisotopic (exact) mass is 407 g/mol. The largest absolute Gasteiger partial charge is 0.345 e. The molecule has 4 aromatic heterocycles. The van der Waals surface area contributed by atoms with Gasteiger partial charge in [-0.2, -0.15) is 9.49 Å². The van der Waals surface area contributed by atoms with E-state index in [9.17, 15) is 14.0 Å². The number of carbonyl (C=O) groups excluding carboxylic acids is 2. The topological polar surface area (TPSA) is 98.3 Å². The molecule has 0 saturated carbocycles. The summed E-state index contributed by atoms with van der Waals surface area (Å²) in [5.41, 5.74) is 1.84. The lowest BCUT2D eigenvalue weighted by atomic mass is 10.0. The highest BCUT2D eigenvalue weighted by atomic mass is 19.1. The van der Waals surface area contributed by atoms with Crippen molar-refractivity contribution in [1.29, 1.82) is 0 Å². The minimum absolute atomic E-state index is 0.0488. The Morgan fingerprint density at radius 1 is 1.23 bits per heavy atom. The number of Topliss-reactive ketones (excluding diaryl/α,β-unsaturated/α-hetero) is 1. The Morgan fingerprint density at radius 3 is 2.77 bits per heavy atom. The number of fused-ring (bicyclic) bond motifs is 1. The second kappa shape index (κ2) is 7.47. The maximum absolute atomic E-state index is 13.9. The van der Waals surface area contributed by atoms with Crippen LogP contribution < -0.4 is 0 Å². The van der Waals surface area contributed by atoms with Crippen LogP contribution in [0.4, 0.5) is 4.39 Å². The summed E-state index contributed by atoms with van der Waals surface area (Å²) in [7, 11) is 4.85. The lowest BCUT2D eigenvalue weighted by molar-refractivity contribution is 0.0819. The first-order chi connectivity index (χ1) is 14.3. The molecule has 0 aliphatic carbocycles. The van der Waals surface area contributed by atoms with Gasteiger partial charge in [0, 0.05) is 40.0 Å². The number of aromatic nitrogens is 6. The predicted molar refractivity (Wildman–Crippen MR) is 105 cm³/mol. The van der Waals surface area contributed by atoms with Crippen molar-refractivity contribution in [2.75, 3.05) is 14.1 Å².